The summed E-state index contributed by atoms with van der Waals surface area (Å²) in [4.78, 5) is 0. The lowest BCUT2D eigenvalue weighted by molar-refractivity contribution is 1.15. The molecule has 0 unspecified atom stereocenters. The van der Waals surface area contributed by atoms with Crippen LogP contribution in [-0.4, -0.2) is 0 Å². The van der Waals surface area contributed by atoms with Crippen molar-refractivity contribution >= 4 is 0 Å². The van der Waals surface area contributed by atoms with E-state index < -0.39 is 0 Å². The molecule has 26 heavy (non-hydrogen) atoms. The third-order valence-corrected chi connectivity index (χ3v) is 3.53. The summed E-state index contributed by atoms with van der Waals surface area (Å²) in [5, 5.41) is 0. The highest BCUT2D eigenvalue weighted by atomic mass is 14.0. The maximum Gasteiger partial charge on any atom is -0.00258 e. The number of benzene rings is 3. The minimum Gasteiger partial charge on any atom is -0.0683 e. The minimum atomic E-state index is 1.01. The molecule has 0 saturated heterocycles. The summed E-state index contributed by atoms with van der Waals surface area (Å²) in [5.74, 6) is 0. The Morgan fingerprint density at radius 2 is 0.577 bits per heavy atom. The van der Waals surface area contributed by atoms with Gasteiger partial charge in [-0.05, 0) is 35.1 Å². The van der Waals surface area contributed by atoms with Crippen molar-refractivity contribution < 1.29 is 0 Å². The standard InChI is InChI=1S/C20H18.3C2H6/c1-3-7-17(8-4-1)15-19-11-13-20(14-12-19)16-18-9-5-2-6-10-18;3*1-2/h1-14H,15-16H2;3*1-2H3. The first-order chi connectivity index (χ1) is 12.9. The molecular weight excluding hydrogens is 312 g/mol. The van der Waals surface area contributed by atoms with E-state index in [4.69, 9.17) is 0 Å². The fourth-order valence-corrected chi connectivity index (χ4v) is 2.44. The molecule has 0 amide bonds. The maximum absolute atomic E-state index is 2.24. The van der Waals surface area contributed by atoms with Crippen molar-refractivity contribution in [2.24, 2.45) is 0 Å². The van der Waals surface area contributed by atoms with E-state index in [0.29, 0.717) is 0 Å². The molecule has 0 N–H and O–H groups in total. The van der Waals surface area contributed by atoms with Crippen molar-refractivity contribution in [2.45, 2.75) is 54.4 Å². The first-order valence-electron chi connectivity index (χ1n) is 10.1. The Morgan fingerprint density at radius 1 is 0.346 bits per heavy atom. The zero-order valence-electron chi connectivity index (χ0n) is 17.5. The Labute approximate surface area is 161 Å². The van der Waals surface area contributed by atoms with E-state index in [1.807, 2.05) is 41.5 Å². The predicted octanol–water partition coefficient (Wildman–Crippen LogP) is 7.95. The van der Waals surface area contributed by atoms with Gasteiger partial charge in [0.1, 0.15) is 0 Å². The van der Waals surface area contributed by atoms with Crippen LogP contribution in [0.5, 0.6) is 0 Å². The van der Waals surface area contributed by atoms with Crippen molar-refractivity contribution in [3.05, 3.63) is 107 Å². The van der Waals surface area contributed by atoms with Gasteiger partial charge in [0.2, 0.25) is 0 Å². The van der Waals surface area contributed by atoms with Crippen molar-refractivity contribution in [2.75, 3.05) is 0 Å². The van der Waals surface area contributed by atoms with E-state index in [1.165, 1.54) is 22.3 Å². The smallest absolute Gasteiger partial charge is 0.00258 e. The van der Waals surface area contributed by atoms with Crippen LogP contribution in [-0.2, 0) is 12.8 Å². The first kappa shape index (κ1) is 23.7. The quantitative estimate of drug-likeness (QED) is 0.449. The molecule has 3 aromatic rings. The Hall–Kier alpha value is -2.34. The van der Waals surface area contributed by atoms with Crippen molar-refractivity contribution in [1.29, 1.82) is 0 Å². The van der Waals surface area contributed by atoms with Crippen LogP contribution in [0.25, 0.3) is 0 Å². The van der Waals surface area contributed by atoms with E-state index in [0.717, 1.165) is 12.8 Å². The van der Waals surface area contributed by atoms with Crippen LogP contribution in [0.4, 0.5) is 0 Å². The van der Waals surface area contributed by atoms with Crippen LogP contribution in [0.1, 0.15) is 63.8 Å². The second kappa shape index (κ2) is 16.1. The molecule has 3 rings (SSSR count). The van der Waals surface area contributed by atoms with E-state index >= 15 is 0 Å². The Bertz CT molecular complexity index is 576. The van der Waals surface area contributed by atoms with Gasteiger partial charge in [0, 0.05) is 0 Å². The number of hydrogen-bond acceptors (Lipinski definition) is 0. The molecule has 0 aliphatic carbocycles. The van der Waals surface area contributed by atoms with Crippen LogP contribution in [0.15, 0.2) is 84.9 Å². The molecule has 0 aromatic heterocycles. The summed E-state index contributed by atoms with van der Waals surface area (Å²) in [7, 11) is 0. The topological polar surface area (TPSA) is 0 Å². The molecule has 0 saturated carbocycles. The highest BCUT2D eigenvalue weighted by Gasteiger charge is 1.98. The third-order valence-electron chi connectivity index (χ3n) is 3.53. The molecule has 0 radical (unpaired) electrons. The molecule has 0 fully saturated rings. The van der Waals surface area contributed by atoms with Gasteiger partial charge in [-0.15, -0.1) is 0 Å². The molecule has 0 aliphatic rings. The summed E-state index contributed by atoms with van der Waals surface area (Å²) >= 11 is 0. The SMILES string of the molecule is CC.CC.CC.c1ccc(Cc2ccc(Cc3ccccc3)cc2)cc1. The molecule has 0 heterocycles. The van der Waals surface area contributed by atoms with E-state index in [2.05, 4.69) is 84.9 Å². The van der Waals surface area contributed by atoms with Gasteiger partial charge in [0.15, 0.2) is 0 Å². The monoisotopic (exact) mass is 348 g/mol. The highest BCUT2D eigenvalue weighted by Crippen LogP contribution is 2.13. The van der Waals surface area contributed by atoms with Crippen molar-refractivity contribution in [1.82, 2.24) is 0 Å². The summed E-state index contributed by atoms with van der Waals surface area (Å²) in [6.07, 6.45) is 2.01. The summed E-state index contributed by atoms with van der Waals surface area (Å²) in [6, 6.07) is 30.2. The maximum atomic E-state index is 2.24. The Morgan fingerprint density at radius 3 is 0.846 bits per heavy atom. The van der Waals surface area contributed by atoms with Crippen LogP contribution in [0, 0.1) is 0 Å². The average Bonchev–Trinajstić information content (AvgIpc) is 2.75. The fraction of sp³-hybridized carbons (Fsp3) is 0.308. The number of rotatable bonds is 4. The van der Waals surface area contributed by atoms with Gasteiger partial charge >= 0.3 is 0 Å². The Kier molecular flexibility index (Phi) is 14.7. The normalized spacial score (nSPS) is 8.69. The zero-order chi connectivity index (χ0) is 19.6. The largest absolute Gasteiger partial charge is 0.0683 e. The van der Waals surface area contributed by atoms with Crippen LogP contribution < -0.4 is 0 Å². The van der Waals surface area contributed by atoms with Gasteiger partial charge in [-0.25, -0.2) is 0 Å². The molecule has 0 heteroatoms. The summed E-state index contributed by atoms with van der Waals surface area (Å²) in [6.45, 7) is 12.0. The van der Waals surface area contributed by atoms with E-state index in [9.17, 15) is 0 Å². The zero-order valence-corrected chi connectivity index (χ0v) is 17.5. The molecule has 0 aliphatic heterocycles. The van der Waals surface area contributed by atoms with Gasteiger partial charge < -0.3 is 0 Å². The second-order valence-electron chi connectivity index (χ2n) is 5.14. The fourth-order valence-electron chi connectivity index (χ4n) is 2.44. The molecule has 140 valence electrons. The molecule has 0 nitrogen and oxygen atoms in total. The lowest BCUT2D eigenvalue weighted by Crippen LogP contribution is -1.91. The second-order valence-corrected chi connectivity index (χ2v) is 5.14. The number of hydrogen-bond donors (Lipinski definition) is 0. The minimum absolute atomic E-state index is 1.01. The van der Waals surface area contributed by atoms with Crippen molar-refractivity contribution in [3.63, 3.8) is 0 Å². The van der Waals surface area contributed by atoms with Gasteiger partial charge in [-0.2, -0.15) is 0 Å². The first-order valence-corrected chi connectivity index (χ1v) is 10.1. The summed E-state index contributed by atoms with van der Waals surface area (Å²) in [5.41, 5.74) is 5.47. The van der Waals surface area contributed by atoms with Gasteiger partial charge in [0.05, 0.1) is 0 Å². The molecule has 0 atom stereocenters. The lowest BCUT2D eigenvalue weighted by Gasteiger charge is -2.05. The van der Waals surface area contributed by atoms with Crippen LogP contribution in [0.3, 0.4) is 0 Å². The van der Waals surface area contributed by atoms with E-state index in [1.54, 1.807) is 0 Å². The third kappa shape index (κ3) is 9.22. The van der Waals surface area contributed by atoms with Gasteiger partial charge in [-0.3, -0.25) is 0 Å². The molecular formula is C26H36. The molecule has 0 spiro atoms. The van der Waals surface area contributed by atoms with Gasteiger partial charge in [-0.1, -0.05) is 126 Å². The van der Waals surface area contributed by atoms with Crippen LogP contribution in [0.2, 0.25) is 0 Å². The van der Waals surface area contributed by atoms with Crippen molar-refractivity contribution in [3.8, 4) is 0 Å². The predicted molar refractivity (Wildman–Crippen MR) is 119 cm³/mol. The highest BCUT2D eigenvalue weighted by molar-refractivity contribution is 5.31. The molecule has 0 bridgehead atoms. The Balaban J connectivity index is 0.000000948. The average molecular weight is 349 g/mol. The summed E-state index contributed by atoms with van der Waals surface area (Å²) < 4.78 is 0. The van der Waals surface area contributed by atoms with E-state index in [-0.39, 0.29) is 0 Å². The van der Waals surface area contributed by atoms with Crippen LogP contribution >= 0.6 is 0 Å². The van der Waals surface area contributed by atoms with Gasteiger partial charge in [0.25, 0.3) is 0 Å². The lowest BCUT2D eigenvalue weighted by atomic mass is 10.0. The molecule has 3 aromatic carbocycles.